The van der Waals surface area contributed by atoms with Crippen LogP contribution in [0.15, 0.2) is 0 Å². The van der Waals surface area contributed by atoms with Crippen molar-refractivity contribution in [3.05, 3.63) is 0 Å². The number of likely N-dealkylation sites (tertiary alicyclic amines) is 1. The fraction of sp³-hybridized carbons (Fsp3) is 1.00. The molecule has 2 aliphatic rings. The lowest BCUT2D eigenvalue weighted by Crippen LogP contribution is -2.43. The van der Waals surface area contributed by atoms with E-state index in [1.54, 1.807) is 0 Å². The number of rotatable bonds is 3. The molecule has 1 N–H and O–H groups in total. The Morgan fingerprint density at radius 3 is 2.24 bits per heavy atom. The predicted molar refractivity (Wildman–Crippen MR) is 74.3 cm³/mol. The van der Waals surface area contributed by atoms with E-state index >= 15 is 0 Å². The van der Waals surface area contributed by atoms with E-state index in [4.69, 9.17) is 0 Å². The monoisotopic (exact) mass is 238 g/mol. The third-order valence-corrected chi connectivity index (χ3v) is 4.99. The van der Waals surface area contributed by atoms with Gasteiger partial charge in [0.25, 0.3) is 0 Å². The molecule has 1 unspecified atom stereocenters. The Kier molecular flexibility index (Phi) is 4.87. The van der Waals surface area contributed by atoms with E-state index in [0.29, 0.717) is 5.41 Å². The van der Waals surface area contributed by atoms with Gasteiger partial charge in [-0.05, 0) is 50.2 Å². The molecule has 2 heteroatoms. The Hall–Kier alpha value is -0.0800. The summed E-state index contributed by atoms with van der Waals surface area (Å²) in [6.07, 6.45) is 8.57. The normalized spacial score (nSPS) is 32.6. The van der Waals surface area contributed by atoms with Crippen molar-refractivity contribution in [1.82, 2.24) is 10.2 Å². The zero-order valence-corrected chi connectivity index (χ0v) is 11.8. The first-order valence-electron chi connectivity index (χ1n) is 7.66. The molecule has 17 heavy (non-hydrogen) atoms. The van der Waals surface area contributed by atoms with Crippen LogP contribution >= 0.6 is 0 Å². The van der Waals surface area contributed by atoms with Crippen LogP contribution in [0, 0.1) is 11.3 Å². The van der Waals surface area contributed by atoms with E-state index in [1.165, 1.54) is 71.2 Å². The summed E-state index contributed by atoms with van der Waals surface area (Å²) in [4.78, 5) is 2.76. The summed E-state index contributed by atoms with van der Waals surface area (Å²) in [5.74, 6) is 0.808. The van der Waals surface area contributed by atoms with Gasteiger partial charge in [-0.25, -0.2) is 0 Å². The summed E-state index contributed by atoms with van der Waals surface area (Å²) in [5.41, 5.74) is 0.555. The molecule has 0 aromatic rings. The second-order valence-corrected chi connectivity index (χ2v) is 6.49. The molecule has 0 aromatic carbocycles. The maximum absolute atomic E-state index is 3.59. The molecule has 0 amide bonds. The second-order valence-electron chi connectivity index (χ2n) is 6.49. The van der Waals surface area contributed by atoms with Crippen LogP contribution in [-0.4, -0.2) is 37.6 Å². The summed E-state index contributed by atoms with van der Waals surface area (Å²) in [6, 6.07) is 0. The maximum Gasteiger partial charge on any atom is 0.00531 e. The van der Waals surface area contributed by atoms with Gasteiger partial charge < -0.3 is 10.2 Å². The van der Waals surface area contributed by atoms with E-state index in [-0.39, 0.29) is 0 Å². The van der Waals surface area contributed by atoms with Gasteiger partial charge in [0, 0.05) is 13.1 Å². The largest absolute Gasteiger partial charge is 0.316 e. The summed E-state index contributed by atoms with van der Waals surface area (Å²) in [6.45, 7) is 11.3. The quantitative estimate of drug-likeness (QED) is 0.813. The Bertz CT molecular complexity index is 211. The van der Waals surface area contributed by atoms with Crippen LogP contribution in [0.4, 0.5) is 0 Å². The Labute approximate surface area is 107 Å². The fourth-order valence-electron chi connectivity index (χ4n) is 3.49. The number of nitrogens with zero attached hydrogens (tertiary/aromatic N) is 1. The minimum absolute atomic E-state index is 0.555. The van der Waals surface area contributed by atoms with Gasteiger partial charge in [0.1, 0.15) is 0 Å². The molecule has 1 atom stereocenters. The van der Waals surface area contributed by atoms with Crippen molar-refractivity contribution in [3.8, 4) is 0 Å². The van der Waals surface area contributed by atoms with Crippen molar-refractivity contribution in [1.29, 1.82) is 0 Å². The highest BCUT2D eigenvalue weighted by Gasteiger charge is 2.38. The minimum Gasteiger partial charge on any atom is -0.316 e. The molecule has 100 valence electrons. The molecule has 0 saturated carbocycles. The zero-order chi connectivity index (χ0) is 12.1. The van der Waals surface area contributed by atoms with E-state index in [9.17, 15) is 0 Å². The number of hydrogen-bond donors (Lipinski definition) is 1. The van der Waals surface area contributed by atoms with E-state index in [1.807, 2.05) is 0 Å². The lowest BCUT2D eigenvalue weighted by Gasteiger charge is -2.38. The zero-order valence-electron chi connectivity index (χ0n) is 11.8. The lowest BCUT2D eigenvalue weighted by atomic mass is 9.76. The van der Waals surface area contributed by atoms with Gasteiger partial charge in [-0.15, -0.1) is 0 Å². The van der Waals surface area contributed by atoms with Crippen molar-refractivity contribution in [2.75, 3.05) is 32.7 Å². The van der Waals surface area contributed by atoms with Crippen LogP contribution in [0.5, 0.6) is 0 Å². The average molecular weight is 238 g/mol. The molecule has 2 saturated heterocycles. The average Bonchev–Trinajstić information content (AvgIpc) is 2.71. The van der Waals surface area contributed by atoms with Gasteiger partial charge in [0.2, 0.25) is 0 Å². The standard InChI is InChI=1S/C15H30N2/c1-14(2)15(8-9-16-12-15)13-17-10-6-4-3-5-7-11-17/h14,16H,3-13H2,1-2H3. The Morgan fingerprint density at radius 2 is 1.71 bits per heavy atom. The van der Waals surface area contributed by atoms with Gasteiger partial charge in [0.15, 0.2) is 0 Å². The van der Waals surface area contributed by atoms with Crippen LogP contribution in [0.25, 0.3) is 0 Å². The summed E-state index contributed by atoms with van der Waals surface area (Å²) < 4.78 is 0. The molecule has 2 fully saturated rings. The van der Waals surface area contributed by atoms with E-state index < -0.39 is 0 Å². The van der Waals surface area contributed by atoms with Crippen LogP contribution in [-0.2, 0) is 0 Å². The van der Waals surface area contributed by atoms with Crippen LogP contribution in [0.1, 0.15) is 52.4 Å². The first-order chi connectivity index (χ1) is 8.23. The predicted octanol–water partition coefficient (Wildman–Crippen LogP) is 2.89. The van der Waals surface area contributed by atoms with Gasteiger partial charge in [-0.1, -0.05) is 33.1 Å². The summed E-state index contributed by atoms with van der Waals surface area (Å²) >= 11 is 0. The molecule has 2 nitrogen and oxygen atoms in total. The highest BCUT2D eigenvalue weighted by molar-refractivity contribution is 4.92. The maximum atomic E-state index is 3.59. The lowest BCUT2D eigenvalue weighted by molar-refractivity contribution is 0.110. The van der Waals surface area contributed by atoms with Crippen molar-refractivity contribution in [2.24, 2.45) is 11.3 Å². The minimum atomic E-state index is 0.555. The van der Waals surface area contributed by atoms with E-state index in [2.05, 4.69) is 24.1 Å². The highest BCUT2D eigenvalue weighted by Crippen LogP contribution is 2.35. The molecule has 0 aromatic heterocycles. The molecule has 2 heterocycles. The molecule has 2 rings (SSSR count). The Balaban J connectivity index is 1.91. The van der Waals surface area contributed by atoms with Gasteiger partial charge in [0.05, 0.1) is 0 Å². The van der Waals surface area contributed by atoms with Crippen molar-refractivity contribution < 1.29 is 0 Å². The summed E-state index contributed by atoms with van der Waals surface area (Å²) in [7, 11) is 0. The van der Waals surface area contributed by atoms with Crippen molar-refractivity contribution in [3.63, 3.8) is 0 Å². The topological polar surface area (TPSA) is 15.3 Å². The molecule has 0 radical (unpaired) electrons. The van der Waals surface area contributed by atoms with Gasteiger partial charge >= 0.3 is 0 Å². The van der Waals surface area contributed by atoms with Crippen LogP contribution < -0.4 is 5.32 Å². The Morgan fingerprint density at radius 1 is 1.06 bits per heavy atom. The van der Waals surface area contributed by atoms with Crippen LogP contribution in [0.2, 0.25) is 0 Å². The highest BCUT2D eigenvalue weighted by atomic mass is 15.1. The molecule has 2 aliphatic heterocycles. The fourth-order valence-corrected chi connectivity index (χ4v) is 3.49. The SMILES string of the molecule is CC(C)C1(CN2CCCCCCC2)CCNC1. The molecule has 0 spiro atoms. The second kappa shape index (κ2) is 6.19. The molecule has 0 bridgehead atoms. The third-order valence-electron chi connectivity index (χ3n) is 4.99. The van der Waals surface area contributed by atoms with Gasteiger partial charge in [-0.3, -0.25) is 0 Å². The third kappa shape index (κ3) is 3.45. The first-order valence-corrected chi connectivity index (χ1v) is 7.66. The molecular weight excluding hydrogens is 208 g/mol. The van der Waals surface area contributed by atoms with Crippen LogP contribution in [0.3, 0.4) is 0 Å². The first kappa shape index (κ1) is 13.4. The smallest absolute Gasteiger partial charge is 0.00531 e. The molecule has 0 aliphatic carbocycles. The van der Waals surface area contributed by atoms with Crippen molar-refractivity contribution >= 4 is 0 Å². The summed E-state index contributed by atoms with van der Waals surface area (Å²) in [5, 5.41) is 3.59. The van der Waals surface area contributed by atoms with E-state index in [0.717, 1.165) is 5.92 Å². The van der Waals surface area contributed by atoms with Crippen molar-refractivity contribution in [2.45, 2.75) is 52.4 Å². The van der Waals surface area contributed by atoms with Gasteiger partial charge in [-0.2, -0.15) is 0 Å². The molecular formula is C15H30N2. The number of hydrogen-bond acceptors (Lipinski definition) is 2. The number of nitrogens with one attached hydrogen (secondary N) is 1.